The molecular weight excluding hydrogens is 274 g/mol. The summed E-state index contributed by atoms with van der Waals surface area (Å²) in [5.74, 6) is -0.187. The Kier molecular flexibility index (Phi) is 6.97. The lowest BCUT2D eigenvalue weighted by Gasteiger charge is -2.21. The van der Waals surface area contributed by atoms with E-state index in [1.165, 1.54) is 5.01 Å². The molecule has 1 amide bonds. The van der Waals surface area contributed by atoms with Crippen molar-refractivity contribution < 1.29 is 9.53 Å². The lowest BCUT2D eigenvalue weighted by atomic mass is 10.1. The van der Waals surface area contributed by atoms with Crippen molar-refractivity contribution in [3.05, 3.63) is 35.4 Å². The summed E-state index contributed by atoms with van der Waals surface area (Å²) in [6, 6.07) is 7.37. The molecule has 1 rings (SSSR count). The van der Waals surface area contributed by atoms with Gasteiger partial charge in [-0.15, -0.1) is 0 Å². The van der Waals surface area contributed by atoms with Crippen molar-refractivity contribution in [1.82, 2.24) is 15.8 Å². The Balaban J connectivity index is 2.40. The van der Waals surface area contributed by atoms with E-state index in [4.69, 9.17) is 17.0 Å². The summed E-state index contributed by atoms with van der Waals surface area (Å²) in [5.41, 5.74) is 4.43. The second kappa shape index (κ2) is 8.50. The molecule has 0 aliphatic heterocycles. The van der Waals surface area contributed by atoms with E-state index in [1.54, 1.807) is 26.3 Å². The standard InChI is InChI=1S/C14H21N3O2S/c1-11-5-7-12(8-6-11)13(18)16-17(2)14(20)15-9-4-10-19-3/h5-8H,4,9-10H2,1-3H3,(H,15,20)(H,16,18). The van der Waals surface area contributed by atoms with E-state index in [0.29, 0.717) is 23.8 Å². The predicted octanol–water partition coefficient (Wildman–Crippen LogP) is 1.48. The van der Waals surface area contributed by atoms with Gasteiger partial charge in [-0.3, -0.25) is 15.2 Å². The molecule has 20 heavy (non-hydrogen) atoms. The number of nitrogens with zero attached hydrogens (tertiary/aromatic N) is 1. The van der Waals surface area contributed by atoms with Crippen molar-refractivity contribution >= 4 is 23.2 Å². The molecule has 0 spiro atoms. The van der Waals surface area contributed by atoms with Crippen LogP contribution in [-0.2, 0) is 4.74 Å². The molecule has 1 aromatic carbocycles. The molecule has 0 aliphatic rings. The number of benzene rings is 1. The number of ether oxygens (including phenoxy) is 1. The summed E-state index contributed by atoms with van der Waals surface area (Å²) in [5, 5.41) is 5.02. The van der Waals surface area contributed by atoms with Crippen LogP contribution in [0.2, 0.25) is 0 Å². The second-order valence-corrected chi connectivity index (χ2v) is 4.83. The zero-order valence-corrected chi connectivity index (χ0v) is 12.9. The minimum absolute atomic E-state index is 0.187. The predicted molar refractivity (Wildman–Crippen MR) is 83.5 cm³/mol. The van der Waals surface area contributed by atoms with Gasteiger partial charge in [0.25, 0.3) is 5.91 Å². The zero-order valence-electron chi connectivity index (χ0n) is 12.1. The summed E-state index contributed by atoms with van der Waals surface area (Å²) in [6.07, 6.45) is 0.858. The minimum atomic E-state index is -0.187. The van der Waals surface area contributed by atoms with Crippen LogP contribution < -0.4 is 10.7 Å². The molecule has 110 valence electrons. The third kappa shape index (κ3) is 5.54. The fraction of sp³-hybridized carbons (Fsp3) is 0.429. The molecule has 0 atom stereocenters. The number of nitrogens with one attached hydrogen (secondary N) is 2. The quantitative estimate of drug-likeness (QED) is 0.490. The van der Waals surface area contributed by atoms with Crippen LogP contribution in [0.25, 0.3) is 0 Å². The average Bonchev–Trinajstić information content (AvgIpc) is 2.44. The number of aryl methyl sites for hydroxylation is 1. The van der Waals surface area contributed by atoms with Gasteiger partial charge in [0.05, 0.1) is 0 Å². The van der Waals surface area contributed by atoms with Gasteiger partial charge < -0.3 is 10.1 Å². The molecule has 0 unspecified atom stereocenters. The Bertz CT molecular complexity index is 448. The van der Waals surface area contributed by atoms with E-state index in [2.05, 4.69) is 10.7 Å². The Morgan fingerprint density at radius 3 is 2.60 bits per heavy atom. The third-order valence-corrected chi connectivity index (χ3v) is 3.11. The van der Waals surface area contributed by atoms with Crippen LogP contribution >= 0.6 is 12.2 Å². The fourth-order valence-corrected chi connectivity index (χ4v) is 1.65. The number of rotatable bonds is 5. The van der Waals surface area contributed by atoms with E-state index in [-0.39, 0.29) is 5.91 Å². The number of thiocarbonyl (C=S) groups is 1. The molecule has 0 aromatic heterocycles. The highest BCUT2D eigenvalue weighted by Crippen LogP contribution is 2.02. The van der Waals surface area contributed by atoms with Gasteiger partial charge >= 0.3 is 0 Å². The summed E-state index contributed by atoms with van der Waals surface area (Å²) in [7, 11) is 3.37. The lowest BCUT2D eigenvalue weighted by molar-refractivity contribution is 0.0886. The lowest BCUT2D eigenvalue weighted by Crippen LogP contribution is -2.48. The van der Waals surface area contributed by atoms with Gasteiger partial charge in [-0.25, -0.2) is 0 Å². The van der Waals surface area contributed by atoms with Gasteiger partial charge in [-0.2, -0.15) is 0 Å². The van der Waals surface area contributed by atoms with Crippen molar-refractivity contribution in [2.24, 2.45) is 0 Å². The van der Waals surface area contributed by atoms with Crippen LogP contribution in [0.15, 0.2) is 24.3 Å². The molecule has 0 bridgehead atoms. The zero-order chi connectivity index (χ0) is 15.0. The van der Waals surface area contributed by atoms with Crippen molar-refractivity contribution in [3.8, 4) is 0 Å². The highest BCUT2D eigenvalue weighted by molar-refractivity contribution is 7.80. The smallest absolute Gasteiger partial charge is 0.269 e. The first-order valence-corrected chi connectivity index (χ1v) is 6.83. The maximum atomic E-state index is 12.0. The Morgan fingerprint density at radius 1 is 1.35 bits per heavy atom. The average molecular weight is 295 g/mol. The second-order valence-electron chi connectivity index (χ2n) is 4.44. The van der Waals surface area contributed by atoms with Crippen LogP contribution in [0.3, 0.4) is 0 Å². The van der Waals surface area contributed by atoms with E-state index < -0.39 is 0 Å². The number of hydrazine groups is 1. The molecule has 6 heteroatoms. The molecule has 0 aliphatic carbocycles. The maximum absolute atomic E-state index is 12.0. The summed E-state index contributed by atoms with van der Waals surface area (Å²) in [6.45, 7) is 3.36. The molecule has 0 saturated heterocycles. The first kappa shape index (κ1) is 16.4. The van der Waals surface area contributed by atoms with Crippen LogP contribution in [0.4, 0.5) is 0 Å². The first-order valence-electron chi connectivity index (χ1n) is 6.42. The summed E-state index contributed by atoms with van der Waals surface area (Å²) < 4.78 is 4.95. The van der Waals surface area contributed by atoms with Gasteiger partial charge in [0.1, 0.15) is 0 Å². The van der Waals surface area contributed by atoms with E-state index in [9.17, 15) is 4.79 Å². The Hall–Kier alpha value is -1.66. The Labute approximate surface area is 125 Å². The number of methoxy groups -OCH3 is 1. The molecule has 0 saturated carbocycles. The number of carbonyl (C=O) groups is 1. The van der Waals surface area contributed by atoms with Crippen molar-refractivity contribution in [1.29, 1.82) is 0 Å². The molecular formula is C14H21N3O2S. The van der Waals surface area contributed by atoms with Gasteiger partial charge in [-0.1, -0.05) is 17.7 Å². The molecule has 1 aromatic rings. The molecule has 5 nitrogen and oxygen atoms in total. The fourth-order valence-electron chi connectivity index (χ4n) is 1.50. The van der Waals surface area contributed by atoms with Crippen LogP contribution in [-0.4, -0.2) is 43.3 Å². The van der Waals surface area contributed by atoms with Crippen molar-refractivity contribution in [3.63, 3.8) is 0 Å². The van der Waals surface area contributed by atoms with Gasteiger partial charge in [0, 0.05) is 32.9 Å². The first-order chi connectivity index (χ1) is 9.54. The van der Waals surface area contributed by atoms with Gasteiger partial charge in [0.15, 0.2) is 5.11 Å². The van der Waals surface area contributed by atoms with E-state index >= 15 is 0 Å². The number of carbonyl (C=O) groups excluding carboxylic acids is 1. The van der Waals surface area contributed by atoms with Crippen LogP contribution in [0.5, 0.6) is 0 Å². The maximum Gasteiger partial charge on any atom is 0.269 e. The van der Waals surface area contributed by atoms with Crippen molar-refractivity contribution in [2.45, 2.75) is 13.3 Å². The number of amides is 1. The summed E-state index contributed by atoms with van der Waals surface area (Å²) >= 11 is 5.17. The minimum Gasteiger partial charge on any atom is -0.385 e. The Morgan fingerprint density at radius 2 is 2.00 bits per heavy atom. The van der Waals surface area contributed by atoms with Gasteiger partial charge in [-0.05, 0) is 37.7 Å². The normalized spacial score (nSPS) is 9.95. The molecule has 0 radical (unpaired) electrons. The highest BCUT2D eigenvalue weighted by Gasteiger charge is 2.09. The SMILES string of the molecule is COCCCNC(=S)N(C)NC(=O)c1ccc(C)cc1. The largest absolute Gasteiger partial charge is 0.385 e. The molecule has 0 fully saturated rings. The third-order valence-electron chi connectivity index (χ3n) is 2.69. The molecule has 2 N–H and O–H groups in total. The topological polar surface area (TPSA) is 53.6 Å². The highest BCUT2D eigenvalue weighted by atomic mass is 32.1. The number of hydrogen-bond donors (Lipinski definition) is 2. The van der Waals surface area contributed by atoms with Gasteiger partial charge in [0.2, 0.25) is 0 Å². The van der Waals surface area contributed by atoms with E-state index in [1.807, 2.05) is 19.1 Å². The summed E-state index contributed by atoms with van der Waals surface area (Å²) in [4.78, 5) is 12.0. The van der Waals surface area contributed by atoms with Crippen LogP contribution in [0, 0.1) is 6.92 Å². The van der Waals surface area contributed by atoms with E-state index in [0.717, 1.165) is 12.0 Å². The monoisotopic (exact) mass is 295 g/mol. The van der Waals surface area contributed by atoms with Crippen LogP contribution in [0.1, 0.15) is 22.3 Å². The number of hydrogen-bond acceptors (Lipinski definition) is 3. The van der Waals surface area contributed by atoms with Crippen molar-refractivity contribution in [2.75, 3.05) is 27.3 Å². The molecule has 0 heterocycles.